The van der Waals surface area contributed by atoms with Crippen molar-refractivity contribution < 1.29 is 22.7 Å². The number of nitrogens with one attached hydrogen (secondary N) is 1. The number of rotatable bonds is 5. The van der Waals surface area contributed by atoms with Gasteiger partial charge in [-0.3, -0.25) is 0 Å². The number of hydrogen-bond donors (Lipinski definition) is 1. The molecule has 0 fully saturated rings. The van der Waals surface area contributed by atoms with Gasteiger partial charge in [0.15, 0.2) is 0 Å². The third-order valence-electron chi connectivity index (χ3n) is 3.10. The molecule has 1 amide bonds. The van der Waals surface area contributed by atoms with E-state index in [1.54, 1.807) is 27.7 Å². The van der Waals surface area contributed by atoms with Crippen LogP contribution in [-0.4, -0.2) is 23.9 Å². The normalized spacial score (nSPS) is 14.3. The van der Waals surface area contributed by atoms with Crippen LogP contribution in [0.15, 0.2) is 18.2 Å². The first-order valence-electron chi connectivity index (χ1n) is 7.14. The van der Waals surface area contributed by atoms with Crippen LogP contribution in [0.4, 0.5) is 18.0 Å². The van der Waals surface area contributed by atoms with Crippen molar-refractivity contribution in [3.63, 3.8) is 0 Å². The Morgan fingerprint density at radius 2 is 1.91 bits per heavy atom. The van der Waals surface area contributed by atoms with E-state index in [2.05, 4.69) is 5.32 Å². The molecule has 0 aliphatic carbocycles. The van der Waals surface area contributed by atoms with Crippen LogP contribution in [0.5, 0.6) is 0 Å². The standard InChI is InChI=1S/C16H22F3NO2/c1-5-16(19,10-20-14(21)22-15(2,3)4)9-11-6-7-12(17)8-13(11)18/h6-8H,5,9-10H2,1-4H3,(H,20,21). The Morgan fingerprint density at radius 1 is 1.27 bits per heavy atom. The fourth-order valence-corrected chi connectivity index (χ4v) is 1.86. The number of carbonyl (C=O) groups excluding carboxylic acids is 1. The van der Waals surface area contributed by atoms with Gasteiger partial charge in [-0.2, -0.15) is 0 Å². The number of carbonyl (C=O) groups is 1. The molecule has 6 heteroatoms. The molecule has 0 aromatic heterocycles. The third kappa shape index (κ3) is 5.95. The Balaban J connectivity index is 2.70. The van der Waals surface area contributed by atoms with Crippen LogP contribution in [0.25, 0.3) is 0 Å². The summed E-state index contributed by atoms with van der Waals surface area (Å²) in [5.41, 5.74) is -2.45. The summed E-state index contributed by atoms with van der Waals surface area (Å²) in [7, 11) is 0. The molecule has 0 bridgehead atoms. The van der Waals surface area contributed by atoms with Gasteiger partial charge in [0.2, 0.25) is 0 Å². The molecule has 0 spiro atoms. The average molecular weight is 317 g/mol. The van der Waals surface area contributed by atoms with Crippen LogP contribution in [-0.2, 0) is 11.2 Å². The van der Waals surface area contributed by atoms with Crippen LogP contribution >= 0.6 is 0 Å². The zero-order valence-electron chi connectivity index (χ0n) is 13.3. The van der Waals surface area contributed by atoms with E-state index in [1.807, 2.05) is 0 Å². The molecule has 0 heterocycles. The molecule has 0 saturated carbocycles. The average Bonchev–Trinajstić information content (AvgIpc) is 2.38. The molecule has 1 aromatic rings. The Hall–Kier alpha value is -1.72. The Kier molecular flexibility index (Phi) is 5.85. The molecule has 0 aliphatic rings. The van der Waals surface area contributed by atoms with Gasteiger partial charge in [-0.1, -0.05) is 13.0 Å². The van der Waals surface area contributed by atoms with E-state index in [1.165, 1.54) is 6.07 Å². The molecule has 1 rings (SSSR count). The van der Waals surface area contributed by atoms with E-state index in [-0.39, 0.29) is 24.9 Å². The number of hydrogen-bond acceptors (Lipinski definition) is 2. The summed E-state index contributed by atoms with van der Waals surface area (Å²) < 4.78 is 46.3. The summed E-state index contributed by atoms with van der Waals surface area (Å²) in [5, 5.41) is 2.35. The van der Waals surface area contributed by atoms with Crippen LogP contribution in [0.3, 0.4) is 0 Å². The lowest BCUT2D eigenvalue weighted by molar-refractivity contribution is 0.0471. The molecule has 22 heavy (non-hydrogen) atoms. The van der Waals surface area contributed by atoms with Crippen LogP contribution < -0.4 is 5.32 Å². The highest BCUT2D eigenvalue weighted by Crippen LogP contribution is 2.23. The predicted octanol–water partition coefficient (Wildman–Crippen LogP) is 4.15. The summed E-state index contributed by atoms with van der Waals surface area (Å²) in [6, 6.07) is 3.00. The molecule has 1 aromatic carbocycles. The number of alkyl halides is 1. The quantitative estimate of drug-likeness (QED) is 0.886. The number of halogens is 3. The molecular weight excluding hydrogens is 295 g/mol. The number of ether oxygens (including phenoxy) is 1. The van der Waals surface area contributed by atoms with Crippen LogP contribution in [0.2, 0.25) is 0 Å². The summed E-state index contributed by atoms with van der Waals surface area (Å²) in [6.45, 7) is 6.38. The van der Waals surface area contributed by atoms with Crippen molar-refractivity contribution in [3.05, 3.63) is 35.4 Å². The van der Waals surface area contributed by atoms with E-state index in [0.29, 0.717) is 6.07 Å². The molecule has 0 saturated heterocycles. The van der Waals surface area contributed by atoms with E-state index >= 15 is 0 Å². The lowest BCUT2D eigenvalue weighted by atomic mass is 9.93. The van der Waals surface area contributed by atoms with E-state index in [9.17, 15) is 18.0 Å². The highest BCUT2D eigenvalue weighted by molar-refractivity contribution is 5.67. The Labute approximate surface area is 128 Å². The number of amides is 1. The van der Waals surface area contributed by atoms with Crippen molar-refractivity contribution in [2.75, 3.05) is 6.54 Å². The topological polar surface area (TPSA) is 38.3 Å². The predicted molar refractivity (Wildman–Crippen MR) is 78.4 cm³/mol. The monoisotopic (exact) mass is 317 g/mol. The zero-order chi connectivity index (χ0) is 17.0. The van der Waals surface area contributed by atoms with Crippen LogP contribution in [0.1, 0.15) is 39.7 Å². The van der Waals surface area contributed by atoms with Gasteiger partial charge in [-0.15, -0.1) is 0 Å². The van der Waals surface area contributed by atoms with Crippen LogP contribution in [0, 0.1) is 11.6 Å². The minimum atomic E-state index is -1.84. The molecule has 124 valence electrons. The van der Waals surface area contributed by atoms with Gasteiger partial charge in [-0.25, -0.2) is 18.0 Å². The highest BCUT2D eigenvalue weighted by atomic mass is 19.1. The van der Waals surface area contributed by atoms with Crippen molar-refractivity contribution in [2.45, 2.75) is 51.8 Å². The second kappa shape index (κ2) is 7.03. The van der Waals surface area contributed by atoms with E-state index in [4.69, 9.17) is 4.74 Å². The summed E-state index contributed by atoms with van der Waals surface area (Å²) in [6.07, 6.45) is -0.923. The molecule has 3 nitrogen and oxygen atoms in total. The fraction of sp³-hybridized carbons (Fsp3) is 0.562. The lowest BCUT2D eigenvalue weighted by Crippen LogP contribution is -2.43. The van der Waals surface area contributed by atoms with Gasteiger partial charge in [0.1, 0.15) is 22.9 Å². The number of alkyl carbamates (subject to hydrolysis) is 1. The van der Waals surface area contributed by atoms with Crippen molar-refractivity contribution >= 4 is 6.09 Å². The first-order valence-corrected chi connectivity index (χ1v) is 7.14. The van der Waals surface area contributed by atoms with E-state index in [0.717, 1.165) is 6.07 Å². The lowest BCUT2D eigenvalue weighted by Gasteiger charge is -2.26. The molecule has 0 aliphatic heterocycles. The van der Waals surface area contributed by atoms with Gasteiger partial charge in [0.25, 0.3) is 0 Å². The van der Waals surface area contributed by atoms with Gasteiger partial charge < -0.3 is 10.1 Å². The molecular formula is C16H22F3NO2. The minimum absolute atomic E-state index is 0.0664. The first kappa shape index (κ1) is 18.3. The number of benzene rings is 1. The van der Waals surface area contributed by atoms with Crippen molar-refractivity contribution in [3.8, 4) is 0 Å². The Bertz CT molecular complexity index is 529. The molecule has 1 unspecified atom stereocenters. The SMILES string of the molecule is CCC(F)(CNC(=O)OC(C)(C)C)Cc1ccc(F)cc1F. The Morgan fingerprint density at radius 3 is 2.41 bits per heavy atom. The fourth-order valence-electron chi connectivity index (χ4n) is 1.86. The zero-order valence-corrected chi connectivity index (χ0v) is 13.3. The van der Waals surface area contributed by atoms with E-state index < -0.39 is 29.0 Å². The summed E-state index contributed by atoms with van der Waals surface area (Å²) in [4.78, 5) is 11.6. The van der Waals surface area contributed by atoms with Gasteiger partial charge >= 0.3 is 6.09 Å². The molecule has 0 radical (unpaired) electrons. The maximum Gasteiger partial charge on any atom is 0.407 e. The maximum absolute atomic E-state index is 14.7. The molecule has 1 atom stereocenters. The van der Waals surface area contributed by atoms with Gasteiger partial charge in [-0.05, 0) is 38.8 Å². The molecule has 1 N–H and O–H groups in total. The second-order valence-electron chi connectivity index (χ2n) is 6.27. The van der Waals surface area contributed by atoms with Crippen molar-refractivity contribution in [2.24, 2.45) is 0 Å². The minimum Gasteiger partial charge on any atom is -0.444 e. The van der Waals surface area contributed by atoms with Crippen molar-refractivity contribution in [1.82, 2.24) is 5.32 Å². The van der Waals surface area contributed by atoms with Crippen molar-refractivity contribution in [1.29, 1.82) is 0 Å². The largest absolute Gasteiger partial charge is 0.444 e. The smallest absolute Gasteiger partial charge is 0.407 e. The maximum atomic E-state index is 14.7. The second-order valence-corrected chi connectivity index (χ2v) is 6.27. The van der Waals surface area contributed by atoms with Gasteiger partial charge in [0, 0.05) is 12.5 Å². The highest BCUT2D eigenvalue weighted by Gasteiger charge is 2.30. The summed E-state index contributed by atoms with van der Waals surface area (Å²) in [5.74, 6) is -1.51. The summed E-state index contributed by atoms with van der Waals surface area (Å²) >= 11 is 0. The first-order chi connectivity index (χ1) is 10.0. The third-order valence-corrected chi connectivity index (χ3v) is 3.10. The van der Waals surface area contributed by atoms with Gasteiger partial charge in [0.05, 0.1) is 6.54 Å².